The molecular formula is C14H24N4. The number of aromatic nitrogens is 2. The van der Waals surface area contributed by atoms with Gasteiger partial charge in [0, 0.05) is 18.3 Å². The Morgan fingerprint density at radius 1 is 1.33 bits per heavy atom. The first-order valence-corrected chi connectivity index (χ1v) is 7.08. The summed E-state index contributed by atoms with van der Waals surface area (Å²) in [6.07, 6.45) is 7.69. The third-order valence-electron chi connectivity index (χ3n) is 3.89. The van der Waals surface area contributed by atoms with E-state index < -0.39 is 0 Å². The molecule has 1 aromatic rings. The van der Waals surface area contributed by atoms with Crippen LogP contribution in [0.4, 0.5) is 5.82 Å². The van der Waals surface area contributed by atoms with Gasteiger partial charge in [-0.05, 0) is 37.6 Å². The van der Waals surface area contributed by atoms with Gasteiger partial charge in [0.1, 0.15) is 12.1 Å². The summed E-state index contributed by atoms with van der Waals surface area (Å²) < 4.78 is 0. The lowest BCUT2D eigenvalue weighted by Gasteiger charge is -2.18. The number of nitrogens with zero attached hydrogens (tertiary/aromatic N) is 2. The topological polar surface area (TPSA) is 63.8 Å². The summed E-state index contributed by atoms with van der Waals surface area (Å²) in [6, 6.07) is 2.07. The van der Waals surface area contributed by atoms with E-state index in [0.717, 1.165) is 37.4 Å². The van der Waals surface area contributed by atoms with Gasteiger partial charge in [0.05, 0.1) is 0 Å². The first-order chi connectivity index (χ1) is 8.83. The van der Waals surface area contributed by atoms with Crippen molar-refractivity contribution >= 4 is 5.82 Å². The highest BCUT2D eigenvalue weighted by molar-refractivity contribution is 5.34. The average molecular weight is 248 g/mol. The Morgan fingerprint density at radius 2 is 2.17 bits per heavy atom. The molecule has 0 amide bonds. The van der Waals surface area contributed by atoms with Crippen LogP contribution in [0.1, 0.15) is 38.3 Å². The highest BCUT2D eigenvalue weighted by Crippen LogP contribution is 2.30. The van der Waals surface area contributed by atoms with E-state index in [-0.39, 0.29) is 0 Å². The second kappa shape index (κ2) is 6.69. The largest absolute Gasteiger partial charge is 0.370 e. The SMILES string of the molecule is CCCc1cc(NCC2CCCC2CN)ncn1. The van der Waals surface area contributed by atoms with Crippen molar-refractivity contribution in [1.29, 1.82) is 0 Å². The fourth-order valence-corrected chi connectivity index (χ4v) is 2.82. The van der Waals surface area contributed by atoms with Crippen LogP contribution in [0.15, 0.2) is 12.4 Å². The number of aryl methyl sites for hydroxylation is 1. The fraction of sp³-hybridized carbons (Fsp3) is 0.714. The molecule has 4 heteroatoms. The van der Waals surface area contributed by atoms with Crippen LogP contribution in [-0.2, 0) is 6.42 Å². The molecule has 1 saturated carbocycles. The maximum atomic E-state index is 5.80. The summed E-state index contributed by atoms with van der Waals surface area (Å²) in [5, 5.41) is 3.44. The third-order valence-corrected chi connectivity index (χ3v) is 3.89. The van der Waals surface area contributed by atoms with Crippen molar-refractivity contribution in [2.24, 2.45) is 17.6 Å². The van der Waals surface area contributed by atoms with Crippen molar-refractivity contribution in [3.05, 3.63) is 18.1 Å². The van der Waals surface area contributed by atoms with Gasteiger partial charge in [-0.25, -0.2) is 9.97 Å². The van der Waals surface area contributed by atoms with Crippen LogP contribution < -0.4 is 11.1 Å². The Labute approximate surface area is 109 Å². The highest BCUT2D eigenvalue weighted by Gasteiger charge is 2.25. The fourth-order valence-electron chi connectivity index (χ4n) is 2.82. The summed E-state index contributed by atoms with van der Waals surface area (Å²) in [7, 11) is 0. The molecule has 0 bridgehead atoms. The van der Waals surface area contributed by atoms with Crippen LogP contribution in [0.2, 0.25) is 0 Å². The zero-order chi connectivity index (χ0) is 12.8. The molecule has 2 rings (SSSR count). The second-order valence-corrected chi connectivity index (χ2v) is 5.21. The molecule has 0 aromatic carbocycles. The lowest BCUT2D eigenvalue weighted by Crippen LogP contribution is -2.24. The van der Waals surface area contributed by atoms with Gasteiger partial charge in [0.2, 0.25) is 0 Å². The Kier molecular flexibility index (Phi) is 4.93. The number of nitrogens with one attached hydrogen (secondary N) is 1. The number of anilines is 1. The van der Waals surface area contributed by atoms with E-state index in [4.69, 9.17) is 5.73 Å². The third kappa shape index (κ3) is 3.42. The Morgan fingerprint density at radius 3 is 2.94 bits per heavy atom. The summed E-state index contributed by atoms with van der Waals surface area (Å²) in [5.74, 6) is 2.35. The maximum Gasteiger partial charge on any atom is 0.129 e. The Bertz CT molecular complexity index is 367. The van der Waals surface area contributed by atoms with E-state index in [2.05, 4.69) is 28.3 Å². The molecule has 2 unspecified atom stereocenters. The zero-order valence-corrected chi connectivity index (χ0v) is 11.2. The van der Waals surface area contributed by atoms with Gasteiger partial charge < -0.3 is 11.1 Å². The highest BCUT2D eigenvalue weighted by atomic mass is 15.0. The van der Waals surface area contributed by atoms with Crippen molar-refractivity contribution in [3.63, 3.8) is 0 Å². The van der Waals surface area contributed by atoms with Crippen LogP contribution in [0.3, 0.4) is 0 Å². The van der Waals surface area contributed by atoms with Crippen molar-refractivity contribution in [3.8, 4) is 0 Å². The maximum absolute atomic E-state index is 5.80. The number of hydrogen-bond acceptors (Lipinski definition) is 4. The van der Waals surface area contributed by atoms with E-state index in [1.807, 2.05) is 0 Å². The van der Waals surface area contributed by atoms with Gasteiger partial charge in [-0.3, -0.25) is 0 Å². The number of rotatable bonds is 6. The van der Waals surface area contributed by atoms with Crippen molar-refractivity contribution in [1.82, 2.24) is 9.97 Å². The molecule has 1 fully saturated rings. The van der Waals surface area contributed by atoms with E-state index >= 15 is 0 Å². The summed E-state index contributed by atoms with van der Waals surface area (Å²) in [6.45, 7) is 3.97. The number of nitrogens with two attached hydrogens (primary N) is 1. The zero-order valence-electron chi connectivity index (χ0n) is 11.2. The summed E-state index contributed by atoms with van der Waals surface area (Å²) in [4.78, 5) is 8.55. The molecule has 0 aliphatic heterocycles. The van der Waals surface area contributed by atoms with E-state index in [0.29, 0.717) is 11.8 Å². The smallest absolute Gasteiger partial charge is 0.129 e. The van der Waals surface area contributed by atoms with Gasteiger partial charge in [-0.15, -0.1) is 0 Å². The van der Waals surface area contributed by atoms with Crippen LogP contribution in [-0.4, -0.2) is 23.1 Å². The number of hydrogen-bond donors (Lipinski definition) is 2. The van der Waals surface area contributed by atoms with Crippen molar-refractivity contribution in [2.45, 2.75) is 39.0 Å². The lowest BCUT2D eigenvalue weighted by molar-refractivity contribution is 0.414. The van der Waals surface area contributed by atoms with Crippen LogP contribution >= 0.6 is 0 Å². The first-order valence-electron chi connectivity index (χ1n) is 7.08. The summed E-state index contributed by atoms with van der Waals surface area (Å²) >= 11 is 0. The molecule has 18 heavy (non-hydrogen) atoms. The van der Waals surface area contributed by atoms with E-state index in [9.17, 15) is 0 Å². The van der Waals surface area contributed by atoms with E-state index in [1.165, 1.54) is 19.3 Å². The quantitative estimate of drug-likeness (QED) is 0.810. The Balaban J connectivity index is 1.87. The van der Waals surface area contributed by atoms with Gasteiger partial charge in [0.25, 0.3) is 0 Å². The minimum atomic E-state index is 0.689. The standard InChI is InChI=1S/C14H24N4/c1-2-4-13-7-14(18-10-17-13)16-9-12-6-3-5-11(12)8-15/h7,10-12H,2-6,8-9,15H2,1H3,(H,16,17,18). The van der Waals surface area contributed by atoms with Gasteiger partial charge in [-0.2, -0.15) is 0 Å². The molecule has 1 aliphatic rings. The molecule has 0 saturated heterocycles. The molecule has 4 nitrogen and oxygen atoms in total. The molecule has 0 spiro atoms. The first kappa shape index (κ1) is 13.3. The van der Waals surface area contributed by atoms with Crippen LogP contribution in [0, 0.1) is 11.8 Å². The van der Waals surface area contributed by atoms with Crippen LogP contribution in [0.5, 0.6) is 0 Å². The monoisotopic (exact) mass is 248 g/mol. The van der Waals surface area contributed by atoms with E-state index in [1.54, 1.807) is 6.33 Å². The van der Waals surface area contributed by atoms with Gasteiger partial charge in [0.15, 0.2) is 0 Å². The molecule has 2 atom stereocenters. The minimum absolute atomic E-state index is 0.689. The molecule has 1 heterocycles. The molecule has 100 valence electrons. The molecule has 1 aromatic heterocycles. The molecular weight excluding hydrogens is 224 g/mol. The second-order valence-electron chi connectivity index (χ2n) is 5.21. The molecule has 0 radical (unpaired) electrons. The van der Waals surface area contributed by atoms with Gasteiger partial charge in [-0.1, -0.05) is 19.8 Å². The Hall–Kier alpha value is -1.16. The summed E-state index contributed by atoms with van der Waals surface area (Å²) in [5.41, 5.74) is 6.93. The normalized spacial score (nSPS) is 23.2. The van der Waals surface area contributed by atoms with Crippen LogP contribution in [0.25, 0.3) is 0 Å². The minimum Gasteiger partial charge on any atom is -0.370 e. The van der Waals surface area contributed by atoms with Gasteiger partial charge >= 0.3 is 0 Å². The lowest BCUT2D eigenvalue weighted by atomic mass is 9.96. The predicted molar refractivity (Wildman–Crippen MR) is 74.4 cm³/mol. The molecule has 1 aliphatic carbocycles. The predicted octanol–water partition coefficient (Wildman–Crippen LogP) is 2.22. The van der Waals surface area contributed by atoms with Crippen molar-refractivity contribution in [2.75, 3.05) is 18.4 Å². The average Bonchev–Trinajstić information content (AvgIpc) is 2.84. The molecule has 3 N–H and O–H groups in total. The van der Waals surface area contributed by atoms with Crippen molar-refractivity contribution < 1.29 is 0 Å².